The predicted octanol–water partition coefficient (Wildman–Crippen LogP) is 4.35. The van der Waals surface area contributed by atoms with Crippen LogP contribution in [0.2, 0.25) is 0 Å². The van der Waals surface area contributed by atoms with E-state index in [0.717, 1.165) is 5.56 Å². The van der Waals surface area contributed by atoms with Crippen molar-refractivity contribution in [3.05, 3.63) is 77.6 Å². The molecule has 0 unspecified atom stereocenters. The molecule has 0 aliphatic heterocycles. The first-order valence-corrected chi connectivity index (χ1v) is 7.43. The van der Waals surface area contributed by atoms with Gasteiger partial charge in [0.05, 0.1) is 11.6 Å². The lowest BCUT2D eigenvalue weighted by Gasteiger charge is -2.08. The molecule has 0 aromatic heterocycles. The summed E-state index contributed by atoms with van der Waals surface area (Å²) in [6, 6.07) is 14.8. The first-order chi connectivity index (χ1) is 12.0. The number of allylic oxidation sites excluding steroid dienone is 1. The van der Waals surface area contributed by atoms with Crippen LogP contribution in [0.4, 0.5) is 4.39 Å². The molecule has 0 spiro atoms. The highest BCUT2D eigenvalue weighted by Crippen LogP contribution is 2.21. The lowest BCUT2D eigenvalue weighted by Crippen LogP contribution is -2.10. The third-order valence-electron chi connectivity index (χ3n) is 3.23. The van der Waals surface area contributed by atoms with Crippen molar-refractivity contribution in [2.24, 2.45) is 0 Å². The molecule has 0 bridgehead atoms. The Morgan fingerprint density at radius 2 is 1.84 bits per heavy atom. The number of nitriles is 1. The highest BCUT2D eigenvalue weighted by molar-refractivity contribution is 5.89. The van der Waals surface area contributed by atoms with E-state index in [1.807, 2.05) is 0 Å². The van der Waals surface area contributed by atoms with Gasteiger partial charge in [-0.2, -0.15) is 5.26 Å². The van der Waals surface area contributed by atoms with Crippen LogP contribution in [0.3, 0.4) is 0 Å². The second kappa shape index (κ2) is 8.46. The van der Waals surface area contributed by atoms with Crippen molar-refractivity contribution in [3.63, 3.8) is 0 Å². The Morgan fingerprint density at radius 1 is 1.20 bits per heavy atom. The number of benzene rings is 2. The van der Waals surface area contributed by atoms with E-state index < -0.39 is 5.97 Å². The summed E-state index contributed by atoms with van der Waals surface area (Å²) in [7, 11) is 0. The van der Waals surface area contributed by atoms with Crippen molar-refractivity contribution < 1.29 is 18.7 Å². The fourth-order valence-corrected chi connectivity index (χ4v) is 1.91. The predicted molar refractivity (Wildman–Crippen MR) is 92.7 cm³/mol. The average Bonchev–Trinajstić information content (AvgIpc) is 2.62. The van der Waals surface area contributed by atoms with Crippen molar-refractivity contribution in [2.75, 3.05) is 6.79 Å². The van der Waals surface area contributed by atoms with Crippen LogP contribution in [-0.4, -0.2) is 12.8 Å². The molecule has 0 saturated heterocycles. The molecule has 0 atom stereocenters. The number of carbonyl (C=O) groups is 1. The molecular weight excluding hydrogens is 321 g/mol. The van der Waals surface area contributed by atoms with E-state index in [0.29, 0.717) is 22.5 Å². The van der Waals surface area contributed by atoms with Crippen molar-refractivity contribution in [3.8, 4) is 11.8 Å². The van der Waals surface area contributed by atoms with Crippen LogP contribution in [0.25, 0.3) is 11.6 Å². The van der Waals surface area contributed by atoms with Crippen LogP contribution >= 0.6 is 0 Å². The fourth-order valence-electron chi connectivity index (χ4n) is 1.91. The summed E-state index contributed by atoms with van der Waals surface area (Å²) < 4.78 is 23.1. The van der Waals surface area contributed by atoms with Gasteiger partial charge in [0.1, 0.15) is 11.6 Å². The lowest BCUT2D eigenvalue weighted by atomic mass is 10.0. The summed E-state index contributed by atoms with van der Waals surface area (Å²) in [5, 5.41) is 9.33. The van der Waals surface area contributed by atoms with Crippen molar-refractivity contribution >= 4 is 17.6 Å². The van der Waals surface area contributed by atoms with Gasteiger partial charge in [0.15, 0.2) is 0 Å². The summed E-state index contributed by atoms with van der Waals surface area (Å²) in [4.78, 5) is 11.2. The van der Waals surface area contributed by atoms with Gasteiger partial charge in [-0.1, -0.05) is 18.7 Å². The van der Waals surface area contributed by atoms with E-state index in [1.165, 1.54) is 12.1 Å². The standard InChI is InChI=1S/C20H16FNO3/c1-14(2)20(23)25-13-24-19-9-5-16(6-10-19)17(12-22)11-15-3-7-18(21)8-4-15/h3-11H,1,13H2,2H3/b17-11+. The normalized spacial score (nSPS) is 10.7. The molecule has 0 heterocycles. The highest BCUT2D eigenvalue weighted by atomic mass is 19.1. The first kappa shape index (κ1) is 18.0. The van der Waals surface area contributed by atoms with Gasteiger partial charge in [0.2, 0.25) is 6.79 Å². The number of esters is 1. The Hall–Kier alpha value is -3.39. The lowest BCUT2D eigenvalue weighted by molar-refractivity contribution is -0.145. The quantitative estimate of drug-likeness (QED) is 0.259. The van der Waals surface area contributed by atoms with Crippen LogP contribution in [-0.2, 0) is 9.53 Å². The zero-order chi connectivity index (χ0) is 18.2. The van der Waals surface area contributed by atoms with Gasteiger partial charge in [-0.25, -0.2) is 9.18 Å². The van der Waals surface area contributed by atoms with Crippen molar-refractivity contribution in [2.45, 2.75) is 6.92 Å². The molecule has 0 aliphatic rings. The SMILES string of the molecule is C=C(C)C(=O)OCOc1ccc(/C(C#N)=C/c2ccc(F)cc2)cc1. The Bertz CT molecular complexity index is 831. The van der Waals surface area contributed by atoms with Gasteiger partial charge in [0.25, 0.3) is 0 Å². The number of hydrogen-bond acceptors (Lipinski definition) is 4. The van der Waals surface area contributed by atoms with Gasteiger partial charge < -0.3 is 9.47 Å². The molecule has 0 radical (unpaired) electrons. The Kier molecular flexibility index (Phi) is 6.08. The Morgan fingerprint density at radius 3 is 2.40 bits per heavy atom. The third-order valence-corrected chi connectivity index (χ3v) is 3.23. The molecule has 0 saturated carbocycles. The molecule has 4 nitrogen and oxygen atoms in total. The van der Waals surface area contributed by atoms with Crippen LogP contribution in [0.1, 0.15) is 18.1 Å². The Balaban J connectivity index is 2.04. The second-order valence-corrected chi connectivity index (χ2v) is 5.22. The number of hydrogen-bond donors (Lipinski definition) is 0. The number of rotatable bonds is 6. The van der Waals surface area contributed by atoms with E-state index in [9.17, 15) is 14.4 Å². The molecule has 5 heteroatoms. The molecule has 0 aliphatic carbocycles. The molecule has 2 aromatic carbocycles. The number of halogens is 1. The molecule has 0 amide bonds. The second-order valence-electron chi connectivity index (χ2n) is 5.22. The molecule has 2 rings (SSSR count). The first-order valence-electron chi connectivity index (χ1n) is 7.43. The van der Waals surface area contributed by atoms with Crippen molar-refractivity contribution in [1.29, 1.82) is 5.26 Å². The van der Waals surface area contributed by atoms with E-state index in [4.69, 9.17) is 9.47 Å². The number of ether oxygens (including phenoxy) is 2. The fraction of sp³-hybridized carbons (Fsp3) is 0.100. The van der Waals surface area contributed by atoms with Gasteiger partial charge in [0, 0.05) is 5.57 Å². The van der Waals surface area contributed by atoms with E-state index in [-0.39, 0.29) is 12.6 Å². The Labute approximate surface area is 145 Å². The number of nitrogens with zero attached hydrogens (tertiary/aromatic N) is 1. The van der Waals surface area contributed by atoms with Crippen LogP contribution in [0.15, 0.2) is 60.7 Å². The van der Waals surface area contributed by atoms with Crippen molar-refractivity contribution in [1.82, 2.24) is 0 Å². The monoisotopic (exact) mass is 337 g/mol. The summed E-state index contributed by atoms with van der Waals surface area (Å²) in [6.07, 6.45) is 1.67. The summed E-state index contributed by atoms with van der Waals surface area (Å²) in [5.41, 5.74) is 2.15. The maximum absolute atomic E-state index is 12.9. The molecule has 0 fully saturated rings. The summed E-state index contributed by atoms with van der Waals surface area (Å²) >= 11 is 0. The molecule has 25 heavy (non-hydrogen) atoms. The van der Waals surface area contributed by atoms with E-state index >= 15 is 0 Å². The van der Waals surface area contributed by atoms with Crippen LogP contribution in [0.5, 0.6) is 5.75 Å². The third kappa shape index (κ3) is 5.33. The highest BCUT2D eigenvalue weighted by Gasteiger charge is 2.05. The average molecular weight is 337 g/mol. The summed E-state index contributed by atoms with van der Waals surface area (Å²) in [6.45, 7) is 4.80. The minimum Gasteiger partial charge on any atom is -0.457 e. The zero-order valence-electron chi connectivity index (χ0n) is 13.7. The maximum atomic E-state index is 12.9. The van der Waals surface area contributed by atoms with E-state index in [2.05, 4.69) is 12.6 Å². The molecular formula is C20H16FNO3. The minimum atomic E-state index is -0.523. The molecule has 0 N–H and O–H groups in total. The smallest absolute Gasteiger partial charge is 0.335 e. The van der Waals surface area contributed by atoms with Crippen LogP contribution in [0, 0.1) is 17.1 Å². The maximum Gasteiger partial charge on any atom is 0.335 e. The van der Waals surface area contributed by atoms with Gasteiger partial charge >= 0.3 is 5.97 Å². The summed E-state index contributed by atoms with van der Waals surface area (Å²) in [5.74, 6) is -0.354. The minimum absolute atomic E-state index is 0.221. The van der Waals surface area contributed by atoms with Gasteiger partial charge in [-0.3, -0.25) is 0 Å². The van der Waals surface area contributed by atoms with Gasteiger partial charge in [-0.05, 0) is 60.5 Å². The topological polar surface area (TPSA) is 59.3 Å². The molecule has 2 aromatic rings. The van der Waals surface area contributed by atoms with Crippen LogP contribution < -0.4 is 4.74 Å². The zero-order valence-corrected chi connectivity index (χ0v) is 13.7. The van der Waals surface area contributed by atoms with E-state index in [1.54, 1.807) is 49.4 Å². The largest absolute Gasteiger partial charge is 0.457 e. The van der Waals surface area contributed by atoms with Gasteiger partial charge in [-0.15, -0.1) is 0 Å². The molecule has 126 valence electrons. The number of carbonyl (C=O) groups excluding carboxylic acids is 1.